The molecule has 0 radical (unpaired) electrons. The predicted molar refractivity (Wildman–Crippen MR) is 96.6 cm³/mol. The molecule has 2 amide bonds. The third kappa shape index (κ3) is 2.62. The molecule has 0 N–H and O–H groups in total. The van der Waals surface area contributed by atoms with Gasteiger partial charge >= 0.3 is 6.03 Å². The lowest BCUT2D eigenvalue weighted by molar-refractivity contribution is 0.135. The lowest BCUT2D eigenvalue weighted by atomic mass is 9.86. The highest BCUT2D eigenvalue weighted by molar-refractivity contribution is 6.07. The summed E-state index contributed by atoms with van der Waals surface area (Å²) >= 11 is 0. The van der Waals surface area contributed by atoms with E-state index in [0.717, 1.165) is 5.56 Å². The van der Waals surface area contributed by atoms with Gasteiger partial charge in [0.05, 0.1) is 24.3 Å². The van der Waals surface area contributed by atoms with Gasteiger partial charge in [-0.2, -0.15) is 5.10 Å². The Hall–Kier alpha value is -2.89. The summed E-state index contributed by atoms with van der Waals surface area (Å²) in [5.74, 6) is 0.120. The summed E-state index contributed by atoms with van der Waals surface area (Å²) in [4.78, 5) is 14.5. The Kier molecular flexibility index (Phi) is 4.11. The minimum absolute atomic E-state index is 0.138. The highest BCUT2D eigenvalue weighted by atomic mass is 19.1. The molecule has 0 aromatic heterocycles. The van der Waals surface area contributed by atoms with Crippen LogP contribution < -0.4 is 4.74 Å². The molecule has 0 spiro atoms. The summed E-state index contributed by atoms with van der Waals surface area (Å²) in [7, 11) is 1.75. The van der Waals surface area contributed by atoms with Crippen molar-refractivity contribution in [3.8, 4) is 5.75 Å². The van der Waals surface area contributed by atoms with Gasteiger partial charge in [-0.3, -0.25) is 0 Å². The van der Waals surface area contributed by atoms with Crippen LogP contribution in [0.15, 0.2) is 53.6 Å². The number of rotatable bonds is 2. The van der Waals surface area contributed by atoms with E-state index in [9.17, 15) is 9.18 Å². The molecular weight excluding hydrogens is 333 g/mol. The molecule has 2 aliphatic rings. The molecule has 2 aliphatic heterocycles. The summed E-state index contributed by atoms with van der Waals surface area (Å²) in [5.41, 5.74) is 2.31. The van der Waals surface area contributed by atoms with E-state index in [1.54, 1.807) is 18.0 Å². The molecule has 134 valence electrons. The summed E-state index contributed by atoms with van der Waals surface area (Å²) in [6.45, 7) is 2.89. The van der Waals surface area contributed by atoms with Gasteiger partial charge in [0.15, 0.2) is 0 Å². The largest absolute Gasteiger partial charge is 0.492 e. The number of halogens is 1. The van der Waals surface area contributed by atoms with E-state index in [2.05, 4.69) is 5.10 Å². The third-order valence-electron chi connectivity index (χ3n) is 4.99. The van der Waals surface area contributed by atoms with E-state index >= 15 is 0 Å². The van der Waals surface area contributed by atoms with E-state index < -0.39 is 0 Å². The van der Waals surface area contributed by atoms with Crippen LogP contribution in [0, 0.1) is 11.7 Å². The van der Waals surface area contributed by atoms with Crippen molar-refractivity contribution in [3.63, 3.8) is 0 Å². The van der Waals surface area contributed by atoms with Gasteiger partial charge in [0.2, 0.25) is 0 Å². The topological polar surface area (TPSA) is 45.1 Å². The molecule has 2 aromatic rings. The molecule has 6 heteroatoms. The van der Waals surface area contributed by atoms with Crippen molar-refractivity contribution < 1.29 is 13.9 Å². The van der Waals surface area contributed by atoms with E-state index in [-0.39, 0.29) is 23.8 Å². The quantitative estimate of drug-likeness (QED) is 0.827. The van der Waals surface area contributed by atoms with Crippen LogP contribution in [0.2, 0.25) is 0 Å². The van der Waals surface area contributed by atoms with Crippen LogP contribution in [-0.2, 0) is 0 Å². The fourth-order valence-electron chi connectivity index (χ4n) is 3.50. The van der Waals surface area contributed by atoms with Crippen LogP contribution in [0.3, 0.4) is 0 Å². The van der Waals surface area contributed by atoms with Gasteiger partial charge in [0.25, 0.3) is 0 Å². The SMILES string of the molecule is CCN(C)C(=O)N1N=C2c3cc(F)ccc3OC[C@@H]2[C@@H]1c1ccccc1. The van der Waals surface area contributed by atoms with Crippen molar-refractivity contribution in [2.24, 2.45) is 11.0 Å². The number of ether oxygens (including phenoxy) is 1. The molecule has 0 saturated carbocycles. The average molecular weight is 353 g/mol. The highest BCUT2D eigenvalue weighted by Crippen LogP contribution is 2.42. The van der Waals surface area contributed by atoms with Crippen LogP contribution in [0.25, 0.3) is 0 Å². The number of amides is 2. The number of carbonyl (C=O) groups is 1. The molecule has 4 rings (SSSR count). The first-order valence-corrected chi connectivity index (χ1v) is 8.70. The monoisotopic (exact) mass is 353 g/mol. The van der Waals surface area contributed by atoms with Gasteiger partial charge in [-0.25, -0.2) is 14.2 Å². The fraction of sp³-hybridized carbons (Fsp3) is 0.300. The van der Waals surface area contributed by atoms with E-state index in [4.69, 9.17) is 4.74 Å². The second kappa shape index (κ2) is 6.44. The van der Waals surface area contributed by atoms with Gasteiger partial charge in [-0.05, 0) is 30.7 Å². The Balaban J connectivity index is 1.81. The molecule has 2 heterocycles. The maximum Gasteiger partial charge on any atom is 0.340 e. The maximum atomic E-state index is 13.8. The Bertz CT molecular complexity index is 869. The van der Waals surface area contributed by atoms with Crippen molar-refractivity contribution in [3.05, 3.63) is 65.5 Å². The minimum atomic E-state index is -0.345. The Labute approximate surface area is 151 Å². The van der Waals surface area contributed by atoms with Crippen molar-refractivity contribution in [1.82, 2.24) is 9.91 Å². The van der Waals surface area contributed by atoms with Gasteiger partial charge in [-0.1, -0.05) is 30.3 Å². The first-order valence-electron chi connectivity index (χ1n) is 8.70. The number of urea groups is 1. The number of hydrazone groups is 1. The summed E-state index contributed by atoms with van der Waals surface area (Å²) < 4.78 is 19.7. The van der Waals surface area contributed by atoms with Crippen molar-refractivity contribution in [2.45, 2.75) is 13.0 Å². The van der Waals surface area contributed by atoms with Crippen molar-refractivity contribution in [2.75, 3.05) is 20.2 Å². The second-order valence-electron chi connectivity index (χ2n) is 6.54. The molecule has 26 heavy (non-hydrogen) atoms. The maximum absolute atomic E-state index is 13.8. The Morgan fingerprint density at radius 3 is 2.81 bits per heavy atom. The minimum Gasteiger partial charge on any atom is -0.492 e. The third-order valence-corrected chi connectivity index (χ3v) is 4.99. The lowest BCUT2D eigenvalue weighted by Crippen LogP contribution is -2.41. The normalized spacial score (nSPS) is 20.7. The molecule has 2 atom stereocenters. The zero-order valence-corrected chi connectivity index (χ0v) is 14.7. The van der Waals surface area contributed by atoms with Gasteiger partial charge in [-0.15, -0.1) is 0 Å². The number of carbonyl (C=O) groups excluding carboxylic acids is 1. The molecule has 2 aromatic carbocycles. The molecule has 0 fully saturated rings. The summed E-state index contributed by atoms with van der Waals surface area (Å²) in [5, 5.41) is 6.15. The van der Waals surface area contributed by atoms with E-state index in [0.29, 0.717) is 30.2 Å². The molecule has 0 saturated heterocycles. The van der Waals surface area contributed by atoms with Crippen LogP contribution in [0.5, 0.6) is 5.75 Å². The molecule has 0 unspecified atom stereocenters. The predicted octanol–water partition coefficient (Wildman–Crippen LogP) is 3.67. The average Bonchev–Trinajstić information content (AvgIpc) is 3.07. The number of nitrogens with zero attached hydrogens (tertiary/aromatic N) is 3. The van der Waals surface area contributed by atoms with Crippen LogP contribution in [0.1, 0.15) is 24.1 Å². The summed E-state index contributed by atoms with van der Waals surface area (Å²) in [6, 6.07) is 13.7. The number of hydrogen-bond acceptors (Lipinski definition) is 3. The van der Waals surface area contributed by atoms with Crippen LogP contribution in [0.4, 0.5) is 9.18 Å². The first kappa shape index (κ1) is 16.6. The van der Waals surface area contributed by atoms with Crippen LogP contribution in [-0.4, -0.2) is 41.9 Å². The number of benzene rings is 2. The van der Waals surface area contributed by atoms with Gasteiger partial charge < -0.3 is 9.64 Å². The lowest BCUT2D eigenvalue weighted by Gasteiger charge is -2.31. The Morgan fingerprint density at radius 2 is 2.08 bits per heavy atom. The number of fused-ring (bicyclic) bond motifs is 3. The van der Waals surface area contributed by atoms with Crippen LogP contribution >= 0.6 is 0 Å². The molecular formula is C20H20FN3O2. The summed E-state index contributed by atoms with van der Waals surface area (Å²) in [6.07, 6.45) is 0. The smallest absolute Gasteiger partial charge is 0.340 e. The molecule has 0 aliphatic carbocycles. The highest BCUT2D eigenvalue weighted by Gasteiger charge is 2.45. The Morgan fingerprint density at radius 1 is 1.31 bits per heavy atom. The van der Waals surface area contributed by atoms with Crippen molar-refractivity contribution in [1.29, 1.82) is 0 Å². The van der Waals surface area contributed by atoms with E-state index in [1.807, 2.05) is 37.3 Å². The second-order valence-corrected chi connectivity index (χ2v) is 6.54. The number of hydrogen-bond donors (Lipinski definition) is 0. The standard InChI is InChI=1S/C20H20FN3O2/c1-3-23(2)20(25)24-19(13-7-5-4-6-8-13)16-12-26-17-10-9-14(21)11-15(17)18(16)22-24/h4-11,16,19H,3,12H2,1-2H3/t16-,19-/m0/s1. The molecule has 0 bridgehead atoms. The zero-order valence-electron chi connectivity index (χ0n) is 14.7. The fourth-order valence-corrected chi connectivity index (χ4v) is 3.50. The zero-order chi connectivity index (χ0) is 18.3. The molecule has 5 nitrogen and oxygen atoms in total. The van der Waals surface area contributed by atoms with E-state index in [1.165, 1.54) is 17.1 Å². The van der Waals surface area contributed by atoms with Crippen molar-refractivity contribution >= 4 is 11.7 Å². The first-order chi connectivity index (χ1) is 12.6. The van der Waals surface area contributed by atoms with Gasteiger partial charge in [0, 0.05) is 19.2 Å². The van der Waals surface area contributed by atoms with Gasteiger partial charge in [0.1, 0.15) is 11.6 Å².